The molecule has 2 rings (SSSR count). The minimum absolute atomic E-state index is 0.124. The third-order valence-electron chi connectivity index (χ3n) is 3.23. The Morgan fingerprint density at radius 1 is 1.10 bits per heavy atom. The van der Waals surface area contributed by atoms with Crippen LogP contribution < -0.4 is 5.32 Å². The van der Waals surface area contributed by atoms with Crippen LogP contribution in [0.4, 0.5) is 4.39 Å². The van der Waals surface area contributed by atoms with E-state index < -0.39 is 6.10 Å². The van der Waals surface area contributed by atoms with Gasteiger partial charge in [0.05, 0.1) is 6.10 Å². The minimum atomic E-state index is -0.618. The van der Waals surface area contributed by atoms with Crippen molar-refractivity contribution in [3.05, 3.63) is 70.5 Å². The number of aliphatic hydroxyl groups is 1. The number of hydrogen-bond acceptors (Lipinski definition) is 2. The maximum atomic E-state index is 12.8. The fourth-order valence-corrected chi connectivity index (χ4v) is 2.07. The van der Waals surface area contributed by atoms with Gasteiger partial charge in [-0.3, -0.25) is 0 Å². The summed E-state index contributed by atoms with van der Waals surface area (Å²) in [5, 5.41) is 14.1. The van der Waals surface area contributed by atoms with Crippen molar-refractivity contribution in [1.29, 1.82) is 0 Å². The van der Waals surface area contributed by atoms with Gasteiger partial charge in [-0.05, 0) is 42.3 Å². The van der Waals surface area contributed by atoms with Crippen molar-refractivity contribution < 1.29 is 9.50 Å². The molecule has 0 amide bonds. The van der Waals surface area contributed by atoms with Gasteiger partial charge in [-0.1, -0.05) is 35.9 Å². The van der Waals surface area contributed by atoms with Gasteiger partial charge in [0.1, 0.15) is 5.82 Å². The van der Waals surface area contributed by atoms with Crippen LogP contribution in [0, 0.1) is 5.82 Å². The van der Waals surface area contributed by atoms with Crippen LogP contribution in [0.1, 0.15) is 24.2 Å². The highest BCUT2D eigenvalue weighted by Gasteiger charge is 2.15. The lowest BCUT2D eigenvalue weighted by Gasteiger charge is -2.21. The molecule has 20 heavy (non-hydrogen) atoms. The average molecular weight is 294 g/mol. The quantitative estimate of drug-likeness (QED) is 0.881. The Balaban J connectivity index is 1.92. The molecule has 2 aromatic carbocycles. The van der Waals surface area contributed by atoms with Crippen LogP contribution in [0.3, 0.4) is 0 Å². The molecule has 2 N–H and O–H groups in total. The second kappa shape index (κ2) is 6.84. The third kappa shape index (κ3) is 4.04. The van der Waals surface area contributed by atoms with Crippen LogP contribution in [-0.4, -0.2) is 11.1 Å². The van der Waals surface area contributed by atoms with E-state index in [-0.39, 0.29) is 11.9 Å². The van der Waals surface area contributed by atoms with E-state index in [1.54, 1.807) is 24.3 Å². The molecule has 0 spiro atoms. The maximum Gasteiger partial charge on any atom is 0.123 e. The van der Waals surface area contributed by atoms with Gasteiger partial charge in [0.15, 0.2) is 0 Å². The number of benzene rings is 2. The Hall–Kier alpha value is -1.42. The summed E-state index contributed by atoms with van der Waals surface area (Å²) in [6.45, 7) is 2.48. The van der Waals surface area contributed by atoms with Gasteiger partial charge in [0, 0.05) is 17.6 Å². The summed E-state index contributed by atoms with van der Waals surface area (Å²) in [6, 6.07) is 13.3. The van der Waals surface area contributed by atoms with Crippen LogP contribution >= 0.6 is 11.6 Å². The van der Waals surface area contributed by atoms with Gasteiger partial charge in [0.2, 0.25) is 0 Å². The van der Waals surface area contributed by atoms with E-state index in [1.807, 2.05) is 19.1 Å². The third-order valence-corrected chi connectivity index (χ3v) is 3.48. The average Bonchev–Trinajstić information content (AvgIpc) is 2.46. The Morgan fingerprint density at radius 2 is 1.70 bits per heavy atom. The molecule has 0 bridgehead atoms. The van der Waals surface area contributed by atoms with Crippen molar-refractivity contribution in [2.75, 3.05) is 0 Å². The van der Waals surface area contributed by atoms with Crippen molar-refractivity contribution in [3.63, 3.8) is 0 Å². The molecule has 0 aliphatic heterocycles. The van der Waals surface area contributed by atoms with E-state index in [2.05, 4.69) is 5.32 Å². The van der Waals surface area contributed by atoms with Crippen LogP contribution in [0.2, 0.25) is 5.02 Å². The van der Waals surface area contributed by atoms with Crippen molar-refractivity contribution in [3.8, 4) is 0 Å². The summed E-state index contributed by atoms with van der Waals surface area (Å²) < 4.78 is 12.8. The fraction of sp³-hybridized carbons (Fsp3) is 0.250. The zero-order chi connectivity index (χ0) is 14.5. The molecule has 0 saturated carbocycles. The lowest BCUT2D eigenvalue weighted by atomic mass is 10.0. The SMILES string of the molecule is CC(NCc1ccc(F)cc1)C(O)c1ccc(Cl)cc1. The summed E-state index contributed by atoms with van der Waals surface area (Å²) in [7, 11) is 0. The van der Waals surface area contributed by atoms with Gasteiger partial charge >= 0.3 is 0 Å². The first kappa shape index (κ1) is 15.0. The minimum Gasteiger partial charge on any atom is -0.387 e. The number of hydrogen-bond donors (Lipinski definition) is 2. The highest BCUT2D eigenvalue weighted by molar-refractivity contribution is 6.30. The highest BCUT2D eigenvalue weighted by Crippen LogP contribution is 2.19. The second-order valence-corrected chi connectivity index (χ2v) is 5.23. The number of nitrogens with one attached hydrogen (secondary N) is 1. The Morgan fingerprint density at radius 3 is 2.30 bits per heavy atom. The van der Waals surface area contributed by atoms with E-state index in [4.69, 9.17) is 11.6 Å². The Bertz CT molecular complexity index is 541. The van der Waals surface area contributed by atoms with Gasteiger partial charge in [-0.15, -0.1) is 0 Å². The monoisotopic (exact) mass is 293 g/mol. The first-order chi connectivity index (χ1) is 9.56. The van der Waals surface area contributed by atoms with E-state index in [1.165, 1.54) is 12.1 Å². The normalized spacial score (nSPS) is 14.0. The lowest BCUT2D eigenvalue weighted by molar-refractivity contribution is 0.135. The molecule has 106 valence electrons. The number of halogens is 2. The molecule has 2 aromatic rings. The molecule has 0 fully saturated rings. The van der Waals surface area contributed by atoms with E-state index in [0.29, 0.717) is 11.6 Å². The van der Waals surface area contributed by atoms with Gasteiger partial charge in [-0.25, -0.2) is 4.39 Å². The number of aliphatic hydroxyl groups excluding tert-OH is 1. The van der Waals surface area contributed by atoms with Crippen molar-refractivity contribution in [2.24, 2.45) is 0 Å². The zero-order valence-corrected chi connectivity index (χ0v) is 11.9. The molecule has 4 heteroatoms. The van der Waals surface area contributed by atoms with E-state index >= 15 is 0 Å². The predicted molar refractivity (Wildman–Crippen MR) is 79.1 cm³/mol. The summed E-state index contributed by atoms with van der Waals surface area (Å²) >= 11 is 5.82. The maximum absolute atomic E-state index is 12.8. The molecule has 0 radical (unpaired) electrons. The van der Waals surface area contributed by atoms with Crippen molar-refractivity contribution in [1.82, 2.24) is 5.32 Å². The Kier molecular flexibility index (Phi) is 5.12. The predicted octanol–water partition coefficient (Wildman–Crippen LogP) is 3.69. The molecule has 2 unspecified atom stereocenters. The molecule has 0 aliphatic carbocycles. The summed E-state index contributed by atoms with van der Waals surface area (Å²) in [6.07, 6.45) is -0.618. The summed E-state index contributed by atoms with van der Waals surface area (Å²) in [5.74, 6) is -0.247. The molecule has 2 nitrogen and oxygen atoms in total. The molecule has 0 aromatic heterocycles. The largest absolute Gasteiger partial charge is 0.387 e. The standard InChI is InChI=1S/C16H17ClFNO/c1-11(16(20)13-4-6-14(17)7-5-13)19-10-12-2-8-15(18)9-3-12/h2-9,11,16,19-20H,10H2,1H3. The highest BCUT2D eigenvalue weighted by atomic mass is 35.5. The van der Waals surface area contributed by atoms with Crippen LogP contribution in [0.25, 0.3) is 0 Å². The fourth-order valence-electron chi connectivity index (χ4n) is 1.94. The van der Waals surface area contributed by atoms with Crippen LogP contribution in [0.5, 0.6) is 0 Å². The van der Waals surface area contributed by atoms with E-state index in [9.17, 15) is 9.50 Å². The smallest absolute Gasteiger partial charge is 0.123 e. The first-order valence-corrected chi connectivity index (χ1v) is 6.85. The first-order valence-electron chi connectivity index (χ1n) is 6.47. The Labute approximate surface area is 123 Å². The van der Waals surface area contributed by atoms with Crippen LogP contribution in [-0.2, 0) is 6.54 Å². The van der Waals surface area contributed by atoms with Gasteiger partial charge in [-0.2, -0.15) is 0 Å². The van der Waals surface area contributed by atoms with Gasteiger partial charge < -0.3 is 10.4 Å². The lowest BCUT2D eigenvalue weighted by Crippen LogP contribution is -2.31. The topological polar surface area (TPSA) is 32.3 Å². The molecule has 0 aliphatic rings. The molecule has 0 saturated heterocycles. The van der Waals surface area contributed by atoms with Crippen molar-refractivity contribution in [2.45, 2.75) is 25.6 Å². The molecule has 2 atom stereocenters. The second-order valence-electron chi connectivity index (χ2n) is 4.79. The van der Waals surface area contributed by atoms with Gasteiger partial charge in [0.25, 0.3) is 0 Å². The molecular formula is C16H17ClFNO. The zero-order valence-electron chi connectivity index (χ0n) is 11.2. The molecule has 0 heterocycles. The van der Waals surface area contributed by atoms with E-state index in [0.717, 1.165) is 11.1 Å². The summed E-state index contributed by atoms with van der Waals surface area (Å²) in [4.78, 5) is 0. The molecular weight excluding hydrogens is 277 g/mol. The van der Waals surface area contributed by atoms with Crippen LogP contribution in [0.15, 0.2) is 48.5 Å². The summed E-state index contributed by atoms with van der Waals surface area (Å²) in [5.41, 5.74) is 1.79. The van der Waals surface area contributed by atoms with Crippen molar-refractivity contribution >= 4 is 11.6 Å². The number of rotatable bonds is 5.